The molecular weight excluding hydrogens is 144 g/mol. The molecule has 1 aliphatic rings. The van der Waals surface area contributed by atoms with Gasteiger partial charge in [-0.1, -0.05) is 45.3 Å². The van der Waals surface area contributed by atoms with Crippen LogP contribution in [-0.2, 0) is 0 Å². The molecule has 0 heteroatoms. The Bertz CT molecular complexity index is 140. The molecule has 1 saturated carbocycles. The predicted octanol–water partition coefficient (Wildman–Crippen LogP) is 4.31. The summed E-state index contributed by atoms with van der Waals surface area (Å²) >= 11 is 0. The standard InChI is InChI=1S/C12H22/c1-3-5-6-7-8-9-12(4-2)10-11-12/h7-8H,3-6,9-11H2,1-2H3. The Morgan fingerprint density at radius 1 is 1.17 bits per heavy atom. The molecule has 0 aliphatic heterocycles. The first-order valence-electron chi connectivity index (χ1n) is 5.48. The number of allylic oxidation sites excluding steroid dienone is 2. The lowest BCUT2D eigenvalue weighted by Crippen LogP contribution is -1.94. The molecule has 12 heavy (non-hydrogen) atoms. The van der Waals surface area contributed by atoms with E-state index in [-0.39, 0.29) is 0 Å². The van der Waals surface area contributed by atoms with Gasteiger partial charge in [0.05, 0.1) is 0 Å². The maximum atomic E-state index is 2.41. The normalized spacial score (nSPS) is 20.2. The van der Waals surface area contributed by atoms with Crippen LogP contribution in [0.2, 0.25) is 0 Å². The van der Waals surface area contributed by atoms with E-state index < -0.39 is 0 Å². The van der Waals surface area contributed by atoms with Crippen LogP contribution in [-0.4, -0.2) is 0 Å². The number of rotatable bonds is 6. The smallest absolute Gasteiger partial charge is 0.0265 e. The van der Waals surface area contributed by atoms with Gasteiger partial charge in [-0.05, 0) is 31.1 Å². The molecule has 0 aromatic heterocycles. The molecule has 0 aromatic carbocycles. The van der Waals surface area contributed by atoms with Crippen LogP contribution >= 0.6 is 0 Å². The van der Waals surface area contributed by atoms with Crippen molar-refractivity contribution in [3.63, 3.8) is 0 Å². The molecule has 0 unspecified atom stereocenters. The van der Waals surface area contributed by atoms with Gasteiger partial charge in [0.15, 0.2) is 0 Å². The van der Waals surface area contributed by atoms with Crippen LogP contribution in [0.15, 0.2) is 12.2 Å². The van der Waals surface area contributed by atoms with Crippen LogP contribution in [0.3, 0.4) is 0 Å². The molecular formula is C12H22. The maximum Gasteiger partial charge on any atom is -0.0265 e. The van der Waals surface area contributed by atoms with E-state index in [2.05, 4.69) is 26.0 Å². The highest BCUT2D eigenvalue weighted by atomic mass is 14.4. The minimum Gasteiger partial charge on any atom is -0.0885 e. The van der Waals surface area contributed by atoms with Gasteiger partial charge >= 0.3 is 0 Å². The SMILES string of the molecule is CCCCC=CCC1(CC)CC1. The molecule has 0 aromatic rings. The second-order valence-electron chi connectivity index (χ2n) is 4.17. The first-order chi connectivity index (χ1) is 5.83. The van der Waals surface area contributed by atoms with Gasteiger partial charge in [0.1, 0.15) is 0 Å². The molecule has 0 spiro atoms. The first-order valence-corrected chi connectivity index (χ1v) is 5.48. The van der Waals surface area contributed by atoms with Gasteiger partial charge in [0.2, 0.25) is 0 Å². The molecule has 0 bridgehead atoms. The number of hydrogen-bond donors (Lipinski definition) is 0. The van der Waals surface area contributed by atoms with Crippen LogP contribution in [0.1, 0.15) is 58.8 Å². The molecule has 0 heterocycles. The van der Waals surface area contributed by atoms with Crippen LogP contribution in [0.5, 0.6) is 0 Å². The highest BCUT2D eigenvalue weighted by Gasteiger charge is 2.38. The zero-order valence-corrected chi connectivity index (χ0v) is 8.60. The highest BCUT2D eigenvalue weighted by molar-refractivity contribution is 4.98. The van der Waals surface area contributed by atoms with E-state index in [4.69, 9.17) is 0 Å². The van der Waals surface area contributed by atoms with E-state index in [9.17, 15) is 0 Å². The summed E-state index contributed by atoms with van der Waals surface area (Å²) in [7, 11) is 0. The van der Waals surface area contributed by atoms with E-state index in [0.717, 1.165) is 5.41 Å². The van der Waals surface area contributed by atoms with Crippen LogP contribution in [0, 0.1) is 5.41 Å². The van der Waals surface area contributed by atoms with Gasteiger partial charge in [-0.15, -0.1) is 0 Å². The average molecular weight is 166 g/mol. The summed E-state index contributed by atoms with van der Waals surface area (Å²) in [4.78, 5) is 0. The monoisotopic (exact) mass is 166 g/mol. The highest BCUT2D eigenvalue weighted by Crippen LogP contribution is 2.51. The van der Waals surface area contributed by atoms with Crippen molar-refractivity contribution in [1.29, 1.82) is 0 Å². The van der Waals surface area contributed by atoms with Crippen molar-refractivity contribution in [2.24, 2.45) is 5.41 Å². The molecule has 0 amide bonds. The van der Waals surface area contributed by atoms with Crippen molar-refractivity contribution >= 4 is 0 Å². The van der Waals surface area contributed by atoms with E-state index in [1.807, 2.05) is 0 Å². The van der Waals surface area contributed by atoms with Gasteiger partial charge in [-0.3, -0.25) is 0 Å². The molecule has 1 fully saturated rings. The van der Waals surface area contributed by atoms with Gasteiger partial charge < -0.3 is 0 Å². The molecule has 0 radical (unpaired) electrons. The van der Waals surface area contributed by atoms with Gasteiger partial charge in [-0.25, -0.2) is 0 Å². The fourth-order valence-electron chi connectivity index (χ4n) is 1.65. The third kappa shape index (κ3) is 3.00. The largest absolute Gasteiger partial charge is 0.0885 e. The van der Waals surface area contributed by atoms with Crippen molar-refractivity contribution in [3.8, 4) is 0 Å². The Kier molecular flexibility index (Phi) is 3.84. The van der Waals surface area contributed by atoms with Crippen molar-refractivity contribution < 1.29 is 0 Å². The topological polar surface area (TPSA) is 0 Å². The lowest BCUT2D eigenvalue weighted by atomic mass is 9.99. The fraction of sp³-hybridized carbons (Fsp3) is 0.833. The Labute approximate surface area is 77.1 Å². The summed E-state index contributed by atoms with van der Waals surface area (Å²) in [6, 6.07) is 0. The lowest BCUT2D eigenvalue weighted by molar-refractivity contribution is 0.498. The summed E-state index contributed by atoms with van der Waals surface area (Å²) in [6.07, 6.45) is 14.4. The molecule has 1 aliphatic carbocycles. The van der Waals surface area contributed by atoms with Crippen LogP contribution in [0.25, 0.3) is 0 Å². The summed E-state index contributed by atoms with van der Waals surface area (Å²) < 4.78 is 0. The molecule has 0 atom stereocenters. The number of hydrogen-bond acceptors (Lipinski definition) is 0. The van der Waals surface area contributed by atoms with Crippen LogP contribution in [0.4, 0.5) is 0 Å². The predicted molar refractivity (Wildman–Crippen MR) is 55.2 cm³/mol. The van der Waals surface area contributed by atoms with Crippen molar-refractivity contribution in [3.05, 3.63) is 12.2 Å². The van der Waals surface area contributed by atoms with Gasteiger partial charge in [0.25, 0.3) is 0 Å². The Morgan fingerprint density at radius 2 is 1.92 bits per heavy atom. The van der Waals surface area contributed by atoms with E-state index in [0.29, 0.717) is 0 Å². The maximum absolute atomic E-state index is 2.41. The summed E-state index contributed by atoms with van der Waals surface area (Å²) in [6.45, 7) is 4.58. The number of unbranched alkanes of at least 4 members (excludes halogenated alkanes) is 2. The Hall–Kier alpha value is -0.260. The second-order valence-corrected chi connectivity index (χ2v) is 4.17. The summed E-state index contributed by atoms with van der Waals surface area (Å²) in [5.41, 5.74) is 0.753. The third-order valence-corrected chi connectivity index (χ3v) is 3.15. The quantitative estimate of drug-likeness (QED) is 0.407. The second kappa shape index (κ2) is 4.69. The average Bonchev–Trinajstić information content (AvgIpc) is 2.85. The van der Waals surface area contributed by atoms with Crippen LogP contribution < -0.4 is 0 Å². The van der Waals surface area contributed by atoms with Crippen molar-refractivity contribution in [2.75, 3.05) is 0 Å². The first kappa shape index (κ1) is 9.83. The van der Waals surface area contributed by atoms with Crippen molar-refractivity contribution in [1.82, 2.24) is 0 Å². The summed E-state index contributed by atoms with van der Waals surface area (Å²) in [5.74, 6) is 0. The van der Waals surface area contributed by atoms with E-state index >= 15 is 0 Å². The lowest BCUT2D eigenvalue weighted by Gasteiger charge is -2.06. The minimum atomic E-state index is 0.753. The Balaban J connectivity index is 2.04. The van der Waals surface area contributed by atoms with Gasteiger partial charge in [0, 0.05) is 0 Å². The Morgan fingerprint density at radius 3 is 2.42 bits per heavy atom. The molecule has 1 rings (SSSR count). The fourth-order valence-corrected chi connectivity index (χ4v) is 1.65. The zero-order chi connectivity index (χ0) is 8.86. The van der Waals surface area contributed by atoms with E-state index in [1.54, 1.807) is 0 Å². The molecule has 0 nitrogen and oxygen atoms in total. The van der Waals surface area contributed by atoms with Gasteiger partial charge in [-0.2, -0.15) is 0 Å². The molecule has 0 N–H and O–H groups in total. The van der Waals surface area contributed by atoms with E-state index in [1.165, 1.54) is 44.9 Å². The molecule has 0 saturated heterocycles. The molecule has 70 valence electrons. The van der Waals surface area contributed by atoms with Crippen molar-refractivity contribution in [2.45, 2.75) is 58.8 Å². The third-order valence-electron chi connectivity index (χ3n) is 3.15. The summed E-state index contributed by atoms with van der Waals surface area (Å²) in [5, 5.41) is 0. The zero-order valence-electron chi connectivity index (χ0n) is 8.60. The minimum absolute atomic E-state index is 0.753.